The smallest absolute Gasteiger partial charge is 0.248 e. The minimum atomic E-state index is -2.36. The Kier molecular flexibility index (Phi) is 3.03. The highest BCUT2D eigenvalue weighted by molar-refractivity contribution is 8.00. The fourth-order valence-corrected chi connectivity index (χ4v) is 3.41. The van der Waals surface area contributed by atoms with Gasteiger partial charge in [0.2, 0.25) is 5.92 Å². The van der Waals surface area contributed by atoms with Gasteiger partial charge in [0.1, 0.15) is 0 Å². The van der Waals surface area contributed by atoms with Crippen LogP contribution in [0.3, 0.4) is 0 Å². The number of thioether (sulfide) groups is 1. The Morgan fingerprint density at radius 2 is 2.14 bits per heavy atom. The highest BCUT2D eigenvalue weighted by Gasteiger charge is 2.44. The molecule has 2 unspecified atom stereocenters. The standard InChI is InChI=1S/C10H17F2NS/c1-7-2-9(6-14-7)13-5-8-3-10(11,12)4-8/h7-9,13H,2-6H2,1H3. The zero-order valence-corrected chi connectivity index (χ0v) is 9.25. The second-order valence-electron chi connectivity index (χ2n) is 4.62. The Bertz CT molecular complexity index is 202. The van der Waals surface area contributed by atoms with Gasteiger partial charge in [-0.1, -0.05) is 6.92 Å². The molecule has 0 spiro atoms. The number of nitrogens with one attached hydrogen (secondary N) is 1. The first kappa shape index (κ1) is 10.7. The van der Waals surface area contributed by atoms with Crippen molar-refractivity contribution in [3.63, 3.8) is 0 Å². The number of hydrogen-bond acceptors (Lipinski definition) is 2. The molecule has 1 saturated heterocycles. The summed E-state index contributed by atoms with van der Waals surface area (Å²) >= 11 is 1.97. The summed E-state index contributed by atoms with van der Waals surface area (Å²) in [7, 11) is 0. The van der Waals surface area contributed by atoms with E-state index >= 15 is 0 Å². The molecule has 0 amide bonds. The Balaban J connectivity index is 1.60. The Labute approximate surface area is 88.0 Å². The minimum absolute atomic E-state index is 0.0927. The summed E-state index contributed by atoms with van der Waals surface area (Å²) in [5, 5.41) is 4.13. The molecule has 4 heteroatoms. The SMILES string of the molecule is CC1CC(NCC2CC(F)(F)C2)CS1. The fraction of sp³-hybridized carbons (Fsp3) is 1.00. The van der Waals surface area contributed by atoms with E-state index in [9.17, 15) is 8.78 Å². The number of rotatable bonds is 3. The van der Waals surface area contributed by atoms with Crippen LogP contribution in [0.25, 0.3) is 0 Å². The predicted octanol–water partition coefficient (Wildman–Crippen LogP) is 2.52. The van der Waals surface area contributed by atoms with Gasteiger partial charge in [-0.15, -0.1) is 0 Å². The molecule has 0 bridgehead atoms. The van der Waals surface area contributed by atoms with Gasteiger partial charge in [0.15, 0.2) is 0 Å². The van der Waals surface area contributed by atoms with E-state index in [1.807, 2.05) is 11.8 Å². The summed E-state index contributed by atoms with van der Waals surface area (Å²) in [6, 6.07) is 0.559. The number of halogens is 2. The third kappa shape index (κ3) is 2.60. The largest absolute Gasteiger partial charge is 0.313 e. The lowest BCUT2D eigenvalue weighted by molar-refractivity contribution is -0.109. The van der Waals surface area contributed by atoms with E-state index in [0.717, 1.165) is 17.5 Å². The van der Waals surface area contributed by atoms with Crippen molar-refractivity contribution in [1.82, 2.24) is 5.32 Å². The molecule has 2 fully saturated rings. The molecule has 82 valence electrons. The van der Waals surface area contributed by atoms with Crippen LogP contribution in [0.15, 0.2) is 0 Å². The summed E-state index contributed by atoms with van der Waals surface area (Å²) in [5.41, 5.74) is 0. The molecule has 0 aromatic carbocycles. The zero-order chi connectivity index (χ0) is 10.2. The van der Waals surface area contributed by atoms with Gasteiger partial charge in [-0.2, -0.15) is 11.8 Å². The van der Waals surface area contributed by atoms with E-state index in [0.29, 0.717) is 6.04 Å². The molecule has 0 aromatic rings. The van der Waals surface area contributed by atoms with Gasteiger partial charge in [0, 0.05) is 29.9 Å². The summed E-state index contributed by atoms with van der Waals surface area (Å²) in [6.07, 6.45) is 1.37. The first-order valence-electron chi connectivity index (χ1n) is 5.28. The molecule has 1 heterocycles. The van der Waals surface area contributed by atoms with Crippen LogP contribution in [-0.4, -0.2) is 29.5 Å². The molecule has 1 aliphatic carbocycles. The highest BCUT2D eigenvalue weighted by Crippen LogP contribution is 2.42. The Morgan fingerprint density at radius 3 is 2.64 bits per heavy atom. The lowest BCUT2D eigenvalue weighted by atomic mass is 9.81. The second kappa shape index (κ2) is 3.97. The van der Waals surface area contributed by atoms with E-state index in [2.05, 4.69) is 12.2 Å². The van der Waals surface area contributed by atoms with Crippen LogP contribution < -0.4 is 5.32 Å². The zero-order valence-electron chi connectivity index (χ0n) is 8.43. The van der Waals surface area contributed by atoms with Gasteiger partial charge in [-0.05, 0) is 18.9 Å². The van der Waals surface area contributed by atoms with Gasteiger partial charge >= 0.3 is 0 Å². The van der Waals surface area contributed by atoms with Crippen molar-refractivity contribution < 1.29 is 8.78 Å². The average molecular weight is 221 g/mol. The molecule has 1 aliphatic heterocycles. The van der Waals surface area contributed by atoms with Crippen LogP contribution in [-0.2, 0) is 0 Å². The lowest BCUT2D eigenvalue weighted by Gasteiger charge is -2.35. The van der Waals surface area contributed by atoms with Gasteiger partial charge in [0.05, 0.1) is 0 Å². The van der Waals surface area contributed by atoms with E-state index in [-0.39, 0.29) is 18.8 Å². The second-order valence-corrected chi connectivity index (χ2v) is 6.09. The van der Waals surface area contributed by atoms with Crippen LogP contribution in [0.5, 0.6) is 0 Å². The maximum absolute atomic E-state index is 12.5. The van der Waals surface area contributed by atoms with Gasteiger partial charge in [-0.25, -0.2) is 8.78 Å². The number of alkyl halides is 2. The molecule has 2 aliphatic rings. The van der Waals surface area contributed by atoms with Crippen molar-refractivity contribution in [1.29, 1.82) is 0 Å². The van der Waals surface area contributed by atoms with E-state index in [1.54, 1.807) is 0 Å². The van der Waals surface area contributed by atoms with Crippen LogP contribution in [0.2, 0.25) is 0 Å². The summed E-state index contributed by atoms with van der Waals surface area (Å²) in [6.45, 7) is 3.01. The predicted molar refractivity (Wildman–Crippen MR) is 56.0 cm³/mol. The molecule has 0 aromatic heterocycles. The highest BCUT2D eigenvalue weighted by atomic mass is 32.2. The first-order chi connectivity index (χ1) is 6.55. The average Bonchev–Trinajstić information content (AvgIpc) is 2.44. The fourth-order valence-electron chi connectivity index (χ4n) is 2.22. The molecular weight excluding hydrogens is 204 g/mol. The summed E-state index contributed by atoms with van der Waals surface area (Å²) < 4.78 is 25.0. The normalized spacial score (nSPS) is 37.1. The van der Waals surface area contributed by atoms with E-state index < -0.39 is 5.92 Å². The first-order valence-corrected chi connectivity index (χ1v) is 6.33. The van der Waals surface area contributed by atoms with Crippen LogP contribution >= 0.6 is 11.8 Å². The third-order valence-corrected chi connectivity index (χ3v) is 4.42. The maximum atomic E-state index is 12.5. The number of hydrogen-bond donors (Lipinski definition) is 1. The van der Waals surface area contributed by atoms with Crippen molar-refractivity contribution in [2.24, 2.45) is 5.92 Å². The molecule has 0 radical (unpaired) electrons. The molecule has 2 rings (SSSR count). The van der Waals surface area contributed by atoms with Gasteiger partial charge in [-0.3, -0.25) is 0 Å². The molecule has 1 N–H and O–H groups in total. The molecule has 1 nitrogen and oxygen atoms in total. The minimum Gasteiger partial charge on any atom is -0.313 e. The van der Waals surface area contributed by atoms with E-state index in [4.69, 9.17) is 0 Å². The topological polar surface area (TPSA) is 12.0 Å². The Morgan fingerprint density at radius 1 is 1.43 bits per heavy atom. The van der Waals surface area contributed by atoms with Crippen molar-refractivity contribution in [3.8, 4) is 0 Å². The maximum Gasteiger partial charge on any atom is 0.248 e. The van der Waals surface area contributed by atoms with Crippen LogP contribution in [0.1, 0.15) is 26.2 Å². The van der Waals surface area contributed by atoms with Crippen molar-refractivity contribution in [2.45, 2.75) is 43.4 Å². The summed E-state index contributed by atoms with van der Waals surface area (Å²) in [5.74, 6) is -1.00. The van der Waals surface area contributed by atoms with Gasteiger partial charge in [0.25, 0.3) is 0 Å². The van der Waals surface area contributed by atoms with Crippen LogP contribution in [0.4, 0.5) is 8.78 Å². The van der Waals surface area contributed by atoms with E-state index in [1.165, 1.54) is 6.42 Å². The lowest BCUT2D eigenvalue weighted by Crippen LogP contribution is -2.43. The quantitative estimate of drug-likeness (QED) is 0.786. The van der Waals surface area contributed by atoms with Crippen molar-refractivity contribution >= 4 is 11.8 Å². The monoisotopic (exact) mass is 221 g/mol. The molecule has 2 atom stereocenters. The van der Waals surface area contributed by atoms with Crippen LogP contribution in [0, 0.1) is 5.92 Å². The van der Waals surface area contributed by atoms with Gasteiger partial charge < -0.3 is 5.32 Å². The van der Waals surface area contributed by atoms with Crippen molar-refractivity contribution in [3.05, 3.63) is 0 Å². The van der Waals surface area contributed by atoms with Crippen molar-refractivity contribution in [2.75, 3.05) is 12.3 Å². The summed E-state index contributed by atoms with van der Waals surface area (Å²) in [4.78, 5) is 0. The molecule has 1 saturated carbocycles. The Hall–Kier alpha value is 0.170. The molecular formula is C10H17F2NS. The molecule has 14 heavy (non-hydrogen) atoms. The third-order valence-electron chi connectivity index (χ3n) is 3.07.